The van der Waals surface area contributed by atoms with E-state index in [9.17, 15) is 19.7 Å². The molecule has 1 aliphatic heterocycles. The molecule has 1 heterocycles. The number of carbonyl (C=O) groups excluding carboxylic acids is 2. The van der Waals surface area contributed by atoms with Crippen molar-refractivity contribution in [2.45, 2.75) is 40.2 Å². The lowest BCUT2D eigenvalue weighted by molar-refractivity contribution is -0.387. The second-order valence-electron chi connectivity index (χ2n) is 10.6. The minimum Gasteiger partial charge on any atom is -0.466 e. The molecule has 0 spiro atoms. The summed E-state index contributed by atoms with van der Waals surface area (Å²) >= 11 is 6.10. The number of hydrogen-bond acceptors (Lipinski definition) is 8. The van der Waals surface area contributed by atoms with E-state index in [1.54, 1.807) is 19.9 Å². The molecule has 214 valence electrons. The van der Waals surface area contributed by atoms with Crippen LogP contribution in [-0.2, 0) is 25.6 Å². The van der Waals surface area contributed by atoms with E-state index in [4.69, 9.17) is 21.1 Å². The first kappa shape index (κ1) is 30.8. The number of benzene rings is 2. The van der Waals surface area contributed by atoms with Crippen molar-refractivity contribution in [1.29, 1.82) is 0 Å². The molecule has 40 heavy (non-hydrogen) atoms. The van der Waals surface area contributed by atoms with Gasteiger partial charge < -0.3 is 19.7 Å². The van der Waals surface area contributed by atoms with E-state index < -0.39 is 39.7 Å². The first-order chi connectivity index (χ1) is 18.8. The van der Waals surface area contributed by atoms with Crippen LogP contribution in [0.4, 0.5) is 10.1 Å². The van der Waals surface area contributed by atoms with Crippen LogP contribution in [0.15, 0.2) is 65.0 Å². The number of hydrogen-bond donors (Lipinski definition) is 1. The van der Waals surface area contributed by atoms with E-state index in [2.05, 4.69) is 10.2 Å². The van der Waals surface area contributed by atoms with Crippen molar-refractivity contribution in [2.24, 2.45) is 5.41 Å². The zero-order valence-electron chi connectivity index (χ0n) is 23.3. The van der Waals surface area contributed by atoms with Crippen molar-refractivity contribution in [3.63, 3.8) is 0 Å². The summed E-state index contributed by atoms with van der Waals surface area (Å²) in [6.07, 6.45) is 0. The van der Waals surface area contributed by atoms with Gasteiger partial charge in [-0.15, -0.1) is 0 Å². The molecule has 0 bridgehead atoms. The average Bonchev–Trinajstić information content (AvgIpc) is 2.86. The van der Waals surface area contributed by atoms with E-state index in [0.717, 1.165) is 18.7 Å². The molecule has 0 radical (unpaired) electrons. The molecule has 1 atom stereocenters. The Hall–Kier alpha value is -3.76. The zero-order chi connectivity index (χ0) is 29.8. The Labute approximate surface area is 237 Å². The van der Waals surface area contributed by atoms with E-state index in [-0.39, 0.29) is 23.3 Å². The lowest BCUT2D eigenvalue weighted by Crippen LogP contribution is -2.37. The third-order valence-corrected chi connectivity index (χ3v) is 6.77. The van der Waals surface area contributed by atoms with Gasteiger partial charge >= 0.3 is 17.6 Å². The summed E-state index contributed by atoms with van der Waals surface area (Å²) in [5.74, 6) is -4.01. The summed E-state index contributed by atoms with van der Waals surface area (Å²) in [7, 11) is 3.11. The highest BCUT2D eigenvalue weighted by molar-refractivity contribution is 6.30. The first-order valence-corrected chi connectivity index (χ1v) is 12.9. The van der Waals surface area contributed by atoms with Gasteiger partial charge in [-0.05, 0) is 38.6 Å². The first-order valence-electron chi connectivity index (χ1n) is 12.6. The van der Waals surface area contributed by atoms with Crippen LogP contribution < -0.4 is 5.32 Å². The molecule has 0 fully saturated rings. The number of nitrogens with zero attached hydrogens (tertiary/aromatic N) is 2. The number of rotatable bonds is 10. The van der Waals surface area contributed by atoms with Gasteiger partial charge in [0.15, 0.2) is 0 Å². The van der Waals surface area contributed by atoms with Crippen LogP contribution in [0.3, 0.4) is 0 Å². The topological polar surface area (TPSA) is 111 Å². The number of allylic oxidation sites excluding steroid dienone is 2. The molecular formula is C29H33ClFN3O6. The fraction of sp³-hybridized carbons (Fsp3) is 0.379. The van der Waals surface area contributed by atoms with Crippen LogP contribution in [0.25, 0.3) is 0 Å². The molecule has 0 aliphatic carbocycles. The summed E-state index contributed by atoms with van der Waals surface area (Å²) in [6.45, 7) is 8.28. The van der Waals surface area contributed by atoms with Crippen LogP contribution >= 0.6 is 11.6 Å². The van der Waals surface area contributed by atoms with Crippen LogP contribution in [0.5, 0.6) is 0 Å². The number of nitrogens with one attached hydrogen (secondary N) is 1. The van der Waals surface area contributed by atoms with Gasteiger partial charge in [-0.1, -0.05) is 49.7 Å². The second kappa shape index (κ2) is 12.6. The highest BCUT2D eigenvalue weighted by Crippen LogP contribution is 2.41. The number of dihydropyridines is 1. The SMILES string of the molecule is COC(=O)C1=C(C)NC(C)=C(C(=O)OCC(C)(C)CN(C)Cc2cccc(Cl)c2)C1c1cccc([N+](=O)[O-])c1F. The predicted molar refractivity (Wildman–Crippen MR) is 149 cm³/mol. The van der Waals surface area contributed by atoms with Crippen LogP contribution in [0.2, 0.25) is 5.02 Å². The molecule has 9 nitrogen and oxygen atoms in total. The largest absolute Gasteiger partial charge is 0.466 e. The van der Waals surface area contributed by atoms with E-state index >= 15 is 4.39 Å². The average molecular weight is 574 g/mol. The maximum atomic E-state index is 15.4. The smallest absolute Gasteiger partial charge is 0.336 e. The Balaban J connectivity index is 1.88. The Morgan fingerprint density at radius 1 is 1.12 bits per heavy atom. The summed E-state index contributed by atoms with van der Waals surface area (Å²) in [4.78, 5) is 39.0. The molecule has 11 heteroatoms. The lowest BCUT2D eigenvalue weighted by atomic mass is 9.80. The fourth-order valence-corrected chi connectivity index (χ4v) is 5.19. The highest BCUT2D eigenvalue weighted by Gasteiger charge is 2.41. The third kappa shape index (κ3) is 7.05. The zero-order valence-corrected chi connectivity index (χ0v) is 24.1. The molecule has 0 amide bonds. The number of esters is 2. The standard InChI is InChI=1S/C29H33ClFN3O6/c1-17-23(27(35)39-6)25(21-11-8-12-22(26(21)31)34(37)38)24(18(2)32-17)28(36)40-16-29(3,4)15-33(5)14-19-9-7-10-20(30)13-19/h7-13,25,32H,14-16H2,1-6H3. The molecule has 0 saturated heterocycles. The highest BCUT2D eigenvalue weighted by atomic mass is 35.5. The fourth-order valence-electron chi connectivity index (χ4n) is 4.98. The van der Waals surface area contributed by atoms with Gasteiger partial charge in [0.2, 0.25) is 5.82 Å². The summed E-state index contributed by atoms with van der Waals surface area (Å²) in [5.41, 5.74) is 0.170. The molecule has 1 N–H and O–H groups in total. The van der Waals surface area contributed by atoms with Gasteiger partial charge in [-0.25, -0.2) is 9.59 Å². The van der Waals surface area contributed by atoms with E-state index in [0.29, 0.717) is 29.5 Å². The number of nitro benzene ring substituents is 1. The maximum Gasteiger partial charge on any atom is 0.336 e. The molecule has 1 aliphatic rings. The van der Waals surface area contributed by atoms with Crippen molar-refractivity contribution in [3.8, 4) is 0 Å². The monoisotopic (exact) mass is 573 g/mol. The number of carbonyl (C=O) groups is 2. The Morgan fingerprint density at radius 3 is 2.35 bits per heavy atom. The molecular weight excluding hydrogens is 541 g/mol. The summed E-state index contributed by atoms with van der Waals surface area (Å²) in [5, 5.41) is 15.1. The minimum absolute atomic E-state index is 0.0168. The van der Waals surface area contributed by atoms with E-state index in [1.165, 1.54) is 12.1 Å². The van der Waals surface area contributed by atoms with Crippen molar-refractivity contribution in [3.05, 3.63) is 97.1 Å². The minimum atomic E-state index is -1.28. The van der Waals surface area contributed by atoms with Gasteiger partial charge in [-0.3, -0.25) is 10.1 Å². The van der Waals surface area contributed by atoms with Crippen molar-refractivity contribution in [1.82, 2.24) is 10.2 Å². The van der Waals surface area contributed by atoms with Crippen LogP contribution in [-0.4, -0.2) is 49.1 Å². The van der Waals surface area contributed by atoms with Gasteiger partial charge in [0.1, 0.15) is 0 Å². The van der Waals surface area contributed by atoms with Crippen molar-refractivity contribution in [2.75, 3.05) is 27.3 Å². The van der Waals surface area contributed by atoms with Gasteiger partial charge in [-0.2, -0.15) is 4.39 Å². The number of methoxy groups -OCH3 is 1. The van der Waals surface area contributed by atoms with Gasteiger partial charge in [0.25, 0.3) is 0 Å². The Kier molecular flexibility index (Phi) is 9.70. The molecule has 0 aromatic heterocycles. The van der Waals surface area contributed by atoms with Gasteiger partial charge in [0, 0.05) is 46.6 Å². The quantitative estimate of drug-likeness (QED) is 0.225. The maximum absolute atomic E-state index is 15.4. The van der Waals surface area contributed by atoms with Crippen LogP contribution in [0.1, 0.15) is 44.7 Å². The molecule has 3 rings (SSSR count). The normalized spacial score (nSPS) is 15.7. The molecule has 0 saturated carbocycles. The van der Waals surface area contributed by atoms with Crippen LogP contribution in [0, 0.1) is 21.3 Å². The number of nitro groups is 1. The van der Waals surface area contributed by atoms with Gasteiger partial charge in [0.05, 0.1) is 35.7 Å². The molecule has 2 aromatic rings. The Bertz CT molecular complexity index is 1390. The van der Waals surface area contributed by atoms with Crippen molar-refractivity contribution < 1.29 is 28.4 Å². The summed E-state index contributed by atoms with van der Waals surface area (Å²) < 4.78 is 26.1. The number of halogens is 2. The van der Waals surface area contributed by atoms with E-state index in [1.807, 2.05) is 39.1 Å². The second-order valence-corrected chi connectivity index (χ2v) is 11.0. The molecule has 2 aromatic carbocycles. The predicted octanol–water partition coefficient (Wildman–Crippen LogP) is 5.50. The Morgan fingerprint density at radius 2 is 1.75 bits per heavy atom. The summed E-state index contributed by atoms with van der Waals surface area (Å²) in [6, 6.07) is 11.2. The lowest BCUT2D eigenvalue weighted by Gasteiger charge is -2.32. The third-order valence-electron chi connectivity index (χ3n) is 6.53. The number of ether oxygens (including phenoxy) is 2. The van der Waals surface area contributed by atoms with Crippen molar-refractivity contribution >= 4 is 29.2 Å². The molecule has 1 unspecified atom stereocenters.